The molecule has 0 unspecified atom stereocenters. The Hall–Kier alpha value is -2.57. The molecule has 0 aliphatic rings. The quantitative estimate of drug-likeness (QED) is 0.455. The third kappa shape index (κ3) is 5.57. The fourth-order valence-corrected chi connectivity index (χ4v) is 2.45. The van der Waals surface area contributed by atoms with Gasteiger partial charge in [0.2, 0.25) is 0 Å². The first kappa shape index (κ1) is 19.5. The van der Waals surface area contributed by atoms with Gasteiger partial charge in [-0.1, -0.05) is 39.0 Å². The number of benzene rings is 1. The molecule has 0 heterocycles. The summed E-state index contributed by atoms with van der Waals surface area (Å²) in [6.45, 7) is 2.71. The lowest BCUT2D eigenvalue weighted by Gasteiger charge is -2.12. The summed E-state index contributed by atoms with van der Waals surface area (Å²) in [5.41, 5.74) is -1.48. The fraction of sp³-hybridized carbons (Fsp3) is 0.471. The van der Waals surface area contributed by atoms with Crippen LogP contribution >= 0.6 is 0 Å². The van der Waals surface area contributed by atoms with Crippen molar-refractivity contribution in [3.63, 3.8) is 0 Å². The highest BCUT2D eigenvalue weighted by Crippen LogP contribution is 2.22. The van der Waals surface area contributed by atoms with Crippen LogP contribution in [-0.4, -0.2) is 39.8 Å². The Bertz CT molecular complexity index is 576. The van der Waals surface area contributed by atoms with E-state index in [-0.39, 0.29) is 0 Å². The second kappa shape index (κ2) is 9.54. The zero-order chi connectivity index (χ0) is 18.1. The molecule has 0 amide bonds. The van der Waals surface area contributed by atoms with Crippen LogP contribution in [0.3, 0.4) is 0 Å². The summed E-state index contributed by atoms with van der Waals surface area (Å²) < 4.78 is 0. The topological polar surface area (TPSA) is 124 Å². The molecular formula is C17H23NO6. The maximum atomic E-state index is 11.2. The van der Waals surface area contributed by atoms with Gasteiger partial charge in [-0.15, -0.1) is 0 Å². The summed E-state index contributed by atoms with van der Waals surface area (Å²) in [5.74, 6) is -4.52. The number of carboxylic acids is 3. The van der Waals surface area contributed by atoms with Gasteiger partial charge in [0.05, 0.1) is 16.7 Å². The number of hydrogen-bond donors (Lipinski definition) is 4. The van der Waals surface area contributed by atoms with Gasteiger partial charge >= 0.3 is 17.9 Å². The summed E-state index contributed by atoms with van der Waals surface area (Å²) in [4.78, 5) is 33.7. The third-order valence-corrected chi connectivity index (χ3v) is 3.67. The molecule has 1 aromatic rings. The van der Waals surface area contributed by atoms with Crippen molar-refractivity contribution < 1.29 is 29.7 Å². The highest BCUT2D eigenvalue weighted by Gasteiger charge is 2.25. The Labute approximate surface area is 140 Å². The van der Waals surface area contributed by atoms with Gasteiger partial charge in [-0.05, 0) is 18.6 Å². The van der Waals surface area contributed by atoms with Crippen molar-refractivity contribution in [2.45, 2.75) is 45.4 Å². The average molecular weight is 337 g/mol. The fourth-order valence-electron chi connectivity index (χ4n) is 2.45. The van der Waals surface area contributed by atoms with Gasteiger partial charge in [0.15, 0.2) is 0 Å². The summed E-state index contributed by atoms with van der Waals surface area (Å²) in [6.07, 6.45) is 6.56. The summed E-state index contributed by atoms with van der Waals surface area (Å²) >= 11 is 0. The third-order valence-electron chi connectivity index (χ3n) is 3.67. The van der Waals surface area contributed by atoms with Crippen molar-refractivity contribution in [3.05, 3.63) is 28.8 Å². The number of carboxylic acid groups (broad SMARTS) is 3. The second-order valence-electron chi connectivity index (χ2n) is 5.56. The Kier molecular flexibility index (Phi) is 7.74. The van der Waals surface area contributed by atoms with E-state index >= 15 is 0 Å². The van der Waals surface area contributed by atoms with Crippen molar-refractivity contribution >= 4 is 23.6 Å². The van der Waals surface area contributed by atoms with Crippen molar-refractivity contribution in [1.29, 1.82) is 0 Å². The van der Waals surface area contributed by atoms with Crippen LogP contribution in [0.2, 0.25) is 0 Å². The van der Waals surface area contributed by atoms with E-state index in [9.17, 15) is 14.4 Å². The Morgan fingerprint density at radius 1 is 0.833 bits per heavy atom. The summed E-state index contributed by atoms with van der Waals surface area (Å²) in [7, 11) is 0. The molecule has 7 heteroatoms. The molecular weight excluding hydrogens is 314 g/mol. The van der Waals surface area contributed by atoms with E-state index in [2.05, 4.69) is 12.2 Å². The van der Waals surface area contributed by atoms with E-state index < -0.39 is 34.6 Å². The Morgan fingerprint density at radius 2 is 1.33 bits per heavy atom. The van der Waals surface area contributed by atoms with Crippen LogP contribution in [0, 0.1) is 0 Å². The van der Waals surface area contributed by atoms with Crippen LogP contribution in [-0.2, 0) is 0 Å². The number of nitrogens with one attached hydrogen (secondary N) is 1. The van der Waals surface area contributed by atoms with E-state index in [1.54, 1.807) is 0 Å². The molecule has 4 N–H and O–H groups in total. The lowest BCUT2D eigenvalue weighted by Crippen LogP contribution is -2.16. The van der Waals surface area contributed by atoms with Gasteiger partial charge in [0.25, 0.3) is 0 Å². The normalized spacial score (nSPS) is 10.4. The Morgan fingerprint density at radius 3 is 1.79 bits per heavy atom. The van der Waals surface area contributed by atoms with Gasteiger partial charge < -0.3 is 20.6 Å². The highest BCUT2D eigenvalue weighted by atomic mass is 16.4. The van der Waals surface area contributed by atoms with Gasteiger partial charge in [-0.2, -0.15) is 0 Å². The minimum absolute atomic E-state index is 0.295. The average Bonchev–Trinajstić information content (AvgIpc) is 2.52. The lowest BCUT2D eigenvalue weighted by molar-refractivity contribution is 0.0633. The molecule has 0 fully saturated rings. The van der Waals surface area contributed by atoms with Crippen LogP contribution in [0.5, 0.6) is 0 Å². The first-order valence-electron chi connectivity index (χ1n) is 8.00. The number of hydrogen-bond acceptors (Lipinski definition) is 4. The molecule has 0 radical (unpaired) electrons. The molecule has 7 nitrogen and oxygen atoms in total. The highest BCUT2D eigenvalue weighted by molar-refractivity contribution is 6.10. The van der Waals surface area contributed by atoms with Gasteiger partial charge in [-0.3, -0.25) is 0 Å². The molecule has 0 spiro atoms. The SMILES string of the molecule is CCCCCCCCNc1cc(C(=O)O)c(C(=O)O)c(C(=O)O)c1. The first-order chi connectivity index (χ1) is 11.4. The van der Waals surface area contributed by atoms with Crippen molar-refractivity contribution in [1.82, 2.24) is 0 Å². The number of rotatable bonds is 11. The Balaban J connectivity index is 2.83. The monoisotopic (exact) mass is 337 g/mol. The van der Waals surface area contributed by atoms with Crippen molar-refractivity contribution in [3.8, 4) is 0 Å². The van der Waals surface area contributed by atoms with Gasteiger partial charge in [0, 0.05) is 12.2 Å². The first-order valence-corrected chi connectivity index (χ1v) is 8.00. The number of aromatic carboxylic acids is 3. The largest absolute Gasteiger partial charge is 0.478 e. The van der Waals surface area contributed by atoms with Gasteiger partial charge in [0.1, 0.15) is 0 Å². The molecule has 132 valence electrons. The molecule has 1 rings (SSSR count). The zero-order valence-corrected chi connectivity index (χ0v) is 13.7. The predicted octanol–water partition coefficient (Wildman–Crippen LogP) is 3.55. The van der Waals surface area contributed by atoms with E-state index in [0.717, 1.165) is 31.4 Å². The molecule has 0 atom stereocenters. The van der Waals surface area contributed by atoms with Crippen LogP contribution in [0.25, 0.3) is 0 Å². The van der Waals surface area contributed by atoms with Crippen LogP contribution < -0.4 is 5.32 Å². The van der Waals surface area contributed by atoms with E-state index in [1.807, 2.05) is 0 Å². The van der Waals surface area contributed by atoms with Crippen LogP contribution in [0.15, 0.2) is 12.1 Å². The maximum Gasteiger partial charge on any atom is 0.337 e. The zero-order valence-electron chi connectivity index (χ0n) is 13.7. The molecule has 1 aromatic carbocycles. The number of carbonyl (C=O) groups is 3. The molecule has 0 saturated carbocycles. The van der Waals surface area contributed by atoms with Crippen molar-refractivity contribution in [2.24, 2.45) is 0 Å². The smallest absolute Gasteiger partial charge is 0.337 e. The lowest BCUT2D eigenvalue weighted by atomic mass is 9.99. The van der Waals surface area contributed by atoms with E-state index in [0.29, 0.717) is 12.2 Å². The minimum Gasteiger partial charge on any atom is -0.478 e. The molecule has 0 aliphatic carbocycles. The van der Waals surface area contributed by atoms with E-state index in [4.69, 9.17) is 15.3 Å². The predicted molar refractivity (Wildman–Crippen MR) is 89.2 cm³/mol. The molecule has 0 bridgehead atoms. The standard InChI is InChI=1S/C17H23NO6/c1-2-3-4-5-6-7-8-18-11-9-12(15(19)20)14(17(23)24)13(10-11)16(21)22/h9-10,18H,2-8H2,1H3,(H,19,20)(H,21,22)(H,23,24). The van der Waals surface area contributed by atoms with Gasteiger partial charge in [-0.25, -0.2) is 14.4 Å². The molecule has 0 aliphatic heterocycles. The minimum atomic E-state index is -1.58. The molecule has 24 heavy (non-hydrogen) atoms. The number of anilines is 1. The van der Waals surface area contributed by atoms with Crippen LogP contribution in [0.1, 0.15) is 76.5 Å². The van der Waals surface area contributed by atoms with Crippen LogP contribution in [0.4, 0.5) is 5.69 Å². The van der Waals surface area contributed by atoms with Crippen molar-refractivity contribution in [2.75, 3.05) is 11.9 Å². The maximum absolute atomic E-state index is 11.2. The number of unbranched alkanes of at least 4 members (excludes halogenated alkanes) is 5. The summed E-state index contributed by atoms with van der Waals surface area (Å²) in [6, 6.07) is 2.32. The second-order valence-corrected chi connectivity index (χ2v) is 5.56. The molecule has 0 saturated heterocycles. The summed E-state index contributed by atoms with van der Waals surface area (Å²) in [5, 5.41) is 30.4. The molecule has 0 aromatic heterocycles. The van der Waals surface area contributed by atoms with E-state index in [1.165, 1.54) is 19.3 Å².